The van der Waals surface area contributed by atoms with Gasteiger partial charge in [0.05, 0.1) is 12.8 Å². The smallest absolute Gasteiger partial charge is 0.271 e. The van der Waals surface area contributed by atoms with Crippen LogP contribution in [-0.2, 0) is 0 Å². The first kappa shape index (κ1) is 16.0. The molecule has 2 aromatic rings. The summed E-state index contributed by atoms with van der Waals surface area (Å²) in [6, 6.07) is 12.4. The van der Waals surface area contributed by atoms with Gasteiger partial charge in [0.15, 0.2) is 0 Å². The molecule has 4 nitrogen and oxygen atoms in total. The molecule has 114 valence electrons. The molecular weight excluding hydrogens is 300 g/mol. The zero-order valence-electron chi connectivity index (χ0n) is 12.7. The van der Waals surface area contributed by atoms with Crippen molar-refractivity contribution in [3.05, 3.63) is 64.2 Å². The fourth-order valence-electron chi connectivity index (χ4n) is 1.97. The predicted octanol–water partition coefficient (Wildman–Crippen LogP) is 3.81. The monoisotopic (exact) mass is 316 g/mol. The normalized spacial score (nSPS) is 11.2. The van der Waals surface area contributed by atoms with Gasteiger partial charge in [-0.1, -0.05) is 23.2 Å². The Bertz CT molecular complexity index is 709. The molecule has 0 atom stereocenters. The number of methoxy groups -OCH3 is 1. The van der Waals surface area contributed by atoms with Crippen LogP contribution in [0.2, 0.25) is 5.02 Å². The van der Waals surface area contributed by atoms with Crippen molar-refractivity contribution < 1.29 is 9.53 Å². The third kappa shape index (κ3) is 3.86. The van der Waals surface area contributed by atoms with Crippen molar-refractivity contribution in [1.82, 2.24) is 5.43 Å². The van der Waals surface area contributed by atoms with Crippen LogP contribution in [0.1, 0.15) is 28.4 Å². The summed E-state index contributed by atoms with van der Waals surface area (Å²) < 4.78 is 5.32. The average Bonchev–Trinajstić information content (AvgIpc) is 2.53. The van der Waals surface area contributed by atoms with Crippen molar-refractivity contribution in [3.8, 4) is 5.75 Å². The van der Waals surface area contributed by atoms with Crippen LogP contribution in [0.3, 0.4) is 0 Å². The molecule has 0 fully saturated rings. The third-order valence-corrected chi connectivity index (χ3v) is 3.43. The number of ether oxygens (including phenoxy) is 1. The molecule has 0 bridgehead atoms. The summed E-state index contributed by atoms with van der Waals surface area (Å²) in [5.74, 6) is 0.426. The molecule has 2 rings (SSSR count). The average molecular weight is 317 g/mol. The molecule has 1 amide bonds. The first-order valence-corrected chi connectivity index (χ1v) is 7.14. The molecule has 0 saturated carbocycles. The summed E-state index contributed by atoms with van der Waals surface area (Å²) in [5, 5.41) is 4.73. The second-order valence-electron chi connectivity index (χ2n) is 4.85. The van der Waals surface area contributed by atoms with E-state index in [9.17, 15) is 4.79 Å². The Morgan fingerprint density at radius 2 is 1.86 bits per heavy atom. The van der Waals surface area contributed by atoms with Gasteiger partial charge in [0.1, 0.15) is 5.75 Å². The molecule has 0 spiro atoms. The Labute approximate surface area is 134 Å². The lowest BCUT2D eigenvalue weighted by molar-refractivity contribution is 0.0955. The number of hydrogen-bond donors (Lipinski definition) is 1. The number of carbonyl (C=O) groups is 1. The number of nitrogens with one attached hydrogen (secondary N) is 1. The number of aryl methyl sites for hydroxylation is 1. The molecule has 0 unspecified atom stereocenters. The first-order valence-electron chi connectivity index (χ1n) is 6.76. The van der Waals surface area contributed by atoms with Gasteiger partial charge in [0.25, 0.3) is 5.91 Å². The lowest BCUT2D eigenvalue weighted by atomic mass is 10.1. The highest BCUT2D eigenvalue weighted by Crippen LogP contribution is 2.20. The second kappa shape index (κ2) is 7.09. The van der Waals surface area contributed by atoms with Crippen molar-refractivity contribution in [2.45, 2.75) is 13.8 Å². The molecule has 0 radical (unpaired) electrons. The highest BCUT2D eigenvalue weighted by Gasteiger charge is 2.08. The van der Waals surface area contributed by atoms with Gasteiger partial charge in [0, 0.05) is 16.1 Å². The molecule has 0 heterocycles. The minimum absolute atomic E-state index is 0.289. The van der Waals surface area contributed by atoms with E-state index in [1.54, 1.807) is 31.4 Å². The van der Waals surface area contributed by atoms with Crippen LogP contribution < -0.4 is 10.2 Å². The molecule has 2 aromatic carbocycles. The van der Waals surface area contributed by atoms with Crippen molar-refractivity contribution >= 4 is 23.2 Å². The number of rotatable bonds is 4. The molecule has 0 aromatic heterocycles. The van der Waals surface area contributed by atoms with E-state index in [-0.39, 0.29) is 5.91 Å². The van der Waals surface area contributed by atoms with Crippen molar-refractivity contribution in [2.75, 3.05) is 7.11 Å². The molecular formula is C17H17ClN2O2. The van der Waals surface area contributed by atoms with Gasteiger partial charge < -0.3 is 4.74 Å². The van der Waals surface area contributed by atoms with E-state index in [1.807, 2.05) is 32.0 Å². The predicted molar refractivity (Wildman–Crippen MR) is 88.9 cm³/mol. The Balaban J connectivity index is 2.17. The van der Waals surface area contributed by atoms with Gasteiger partial charge in [-0.3, -0.25) is 4.79 Å². The van der Waals surface area contributed by atoms with E-state index in [1.165, 1.54) is 0 Å². The van der Waals surface area contributed by atoms with Gasteiger partial charge in [0.2, 0.25) is 0 Å². The Hall–Kier alpha value is -2.33. The standard InChI is InChI=1S/C17H17ClN2O2/c1-11-4-9-16(22-3)15(10-11)12(2)19-20-17(21)13-5-7-14(18)8-6-13/h4-10H,1-3H3,(H,20,21)/b19-12-. The number of nitrogens with zero attached hydrogens (tertiary/aromatic N) is 1. The van der Waals surface area contributed by atoms with Crippen molar-refractivity contribution in [1.29, 1.82) is 0 Å². The van der Waals surface area contributed by atoms with Crippen LogP contribution in [0.4, 0.5) is 0 Å². The zero-order chi connectivity index (χ0) is 16.1. The molecule has 1 N–H and O–H groups in total. The molecule has 5 heteroatoms. The SMILES string of the molecule is COc1ccc(C)cc1/C(C)=N\NC(=O)c1ccc(Cl)cc1. The van der Waals surface area contributed by atoms with Crippen LogP contribution in [0.5, 0.6) is 5.75 Å². The summed E-state index contributed by atoms with van der Waals surface area (Å²) in [6.45, 7) is 3.81. The van der Waals surface area contributed by atoms with Crippen molar-refractivity contribution in [3.63, 3.8) is 0 Å². The van der Waals surface area contributed by atoms with Crippen LogP contribution >= 0.6 is 11.6 Å². The minimum Gasteiger partial charge on any atom is -0.496 e. The summed E-state index contributed by atoms with van der Waals surface area (Å²) in [6.07, 6.45) is 0. The number of hydrogen-bond acceptors (Lipinski definition) is 3. The topological polar surface area (TPSA) is 50.7 Å². The van der Waals surface area contributed by atoms with E-state index in [0.29, 0.717) is 22.0 Å². The van der Waals surface area contributed by atoms with Crippen molar-refractivity contribution in [2.24, 2.45) is 5.10 Å². The third-order valence-electron chi connectivity index (χ3n) is 3.18. The minimum atomic E-state index is -0.289. The largest absolute Gasteiger partial charge is 0.496 e. The van der Waals surface area contributed by atoms with Gasteiger partial charge >= 0.3 is 0 Å². The lowest BCUT2D eigenvalue weighted by Crippen LogP contribution is -2.19. The fraction of sp³-hybridized carbons (Fsp3) is 0.176. The van der Waals surface area contributed by atoms with Crippen LogP contribution in [-0.4, -0.2) is 18.7 Å². The number of halogens is 1. The van der Waals surface area contributed by atoms with Crippen LogP contribution in [0.25, 0.3) is 0 Å². The number of benzene rings is 2. The maximum Gasteiger partial charge on any atom is 0.271 e. The highest BCUT2D eigenvalue weighted by molar-refractivity contribution is 6.30. The quantitative estimate of drug-likeness (QED) is 0.689. The second-order valence-corrected chi connectivity index (χ2v) is 5.29. The Morgan fingerprint density at radius 1 is 1.18 bits per heavy atom. The van der Waals surface area contributed by atoms with Gasteiger partial charge in [-0.05, 0) is 50.2 Å². The maximum absolute atomic E-state index is 12.0. The van der Waals surface area contributed by atoms with E-state index < -0.39 is 0 Å². The molecule has 0 aliphatic heterocycles. The zero-order valence-corrected chi connectivity index (χ0v) is 13.4. The fourth-order valence-corrected chi connectivity index (χ4v) is 2.09. The van der Waals surface area contributed by atoms with Gasteiger partial charge in [-0.25, -0.2) is 5.43 Å². The van der Waals surface area contributed by atoms with Gasteiger partial charge in [-0.2, -0.15) is 5.10 Å². The Morgan fingerprint density at radius 3 is 2.50 bits per heavy atom. The molecule has 0 aliphatic carbocycles. The first-order chi connectivity index (χ1) is 10.5. The number of carbonyl (C=O) groups excluding carboxylic acids is 1. The van der Waals surface area contributed by atoms with Gasteiger partial charge in [-0.15, -0.1) is 0 Å². The molecule has 0 aliphatic rings. The van der Waals surface area contributed by atoms with E-state index in [4.69, 9.17) is 16.3 Å². The number of amides is 1. The summed E-state index contributed by atoms with van der Waals surface area (Å²) in [5.41, 5.74) is 5.64. The van der Waals surface area contributed by atoms with E-state index >= 15 is 0 Å². The van der Waals surface area contributed by atoms with E-state index in [0.717, 1.165) is 11.1 Å². The van der Waals surface area contributed by atoms with Crippen LogP contribution in [0, 0.1) is 6.92 Å². The lowest BCUT2D eigenvalue weighted by Gasteiger charge is -2.09. The molecule has 0 saturated heterocycles. The summed E-state index contributed by atoms with van der Waals surface area (Å²) in [7, 11) is 1.60. The summed E-state index contributed by atoms with van der Waals surface area (Å²) in [4.78, 5) is 12.0. The molecule has 22 heavy (non-hydrogen) atoms. The van der Waals surface area contributed by atoms with Crippen LogP contribution in [0.15, 0.2) is 47.6 Å². The van der Waals surface area contributed by atoms with E-state index in [2.05, 4.69) is 10.5 Å². The summed E-state index contributed by atoms with van der Waals surface area (Å²) >= 11 is 5.80. The maximum atomic E-state index is 12.0. The Kier molecular flexibility index (Phi) is 5.17. The highest BCUT2D eigenvalue weighted by atomic mass is 35.5. The number of hydrazone groups is 1.